The number of carbonyl (C=O) groups is 3. The Morgan fingerprint density at radius 2 is 1.94 bits per heavy atom. The first-order valence-electron chi connectivity index (χ1n) is 5.58. The van der Waals surface area contributed by atoms with Crippen molar-refractivity contribution in [3.8, 4) is 5.75 Å². The lowest BCUT2D eigenvalue weighted by atomic mass is 9.99. The van der Waals surface area contributed by atoms with Crippen LogP contribution in [0.3, 0.4) is 0 Å². The Kier molecular flexibility index (Phi) is 3.14. The lowest BCUT2D eigenvalue weighted by molar-refractivity contribution is -0.144. The molecule has 2 amide bonds. The highest BCUT2D eigenvalue weighted by molar-refractivity contribution is 5.96. The highest BCUT2D eigenvalue weighted by Gasteiger charge is 2.26. The van der Waals surface area contributed by atoms with Crippen LogP contribution in [0.25, 0.3) is 0 Å². The molecule has 1 aliphatic heterocycles. The average molecular weight is 247 g/mol. The minimum atomic E-state index is -0.398. The van der Waals surface area contributed by atoms with E-state index in [9.17, 15) is 14.4 Å². The van der Waals surface area contributed by atoms with Crippen molar-refractivity contribution in [1.82, 2.24) is 4.90 Å². The van der Waals surface area contributed by atoms with E-state index in [4.69, 9.17) is 4.74 Å². The molecule has 1 heterocycles. The maximum absolute atomic E-state index is 11.7. The Balaban J connectivity index is 2.30. The van der Waals surface area contributed by atoms with E-state index in [0.717, 1.165) is 11.1 Å². The number of benzene rings is 1. The lowest BCUT2D eigenvalue weighted by Gasteiger charge is -2.26. The fraction of sp³-hybridized carbons (Fsp3) is 0.308. The van der Waals surface area contributed by atoms with Gasteiger partial charge in [-0.05, 0) is 23.3 Å². The normalized spacial score (nSPS) is 14.1. The van der Waals surface area contributed by atoms with Crippen LogP contribution in [-0.2, 0) is 27.3 Å². The molecule has 94 valence electrons. The van der Waals surface area contributed by atoms with E-state index in [0.29, 0.717) is 5.75 Å². The summed E-state index contributed by atoms with van der Waals surface area (Å²) in [5.41, 5.74) is 1.71. The molecular formula is C13H13NO4. The molecule has 0 bridgehead atoms. The zero-order chi connectivity index (χ0) is 13.3. The molecule has 0 saturated heterocycles. The lowest BCUT2D eigenvalue weighted by Crippen LogP contribution is -2.39. The molecule has 0 atom stereocenters. The third-order valence-electron chi connectivity index (χ3n) is 2.79. The maximum atomic E-state index is 11.7. The molecule has 0 radical (unpaired) electrons. The maximum Gasteiger partial charge on any atom is 0.308 e. The molecule has 1 aromatic rings. The third-order valence-corrected chi connectivity index (χ3v) is 2.79. The van der Waals surface area contributed by atoms with Crippen LogP contribution < -0.4 is 4.74 Å². The summed E-state index contributed by atoms with van der Waals surface area (Å²) in [6.07, 6.45) is 0.204. The summed E-state index contributed by atoms with van der Waals surface area (Å²) in [5.74, 6) is -0.442. The van der Waals surface area contributed by atoms with Crippen LogP contribution in [0, 0.1) is 0 Å². The summed E-state index contributed by atoms with van der Waals surface area (Å²) in [6, 6.07) is 5.10. The second-order valence-corrected chi connectivity index (χ2v) is 4.20. The van der Waals surface area contributed by atoms with E-state index in [-0.39, 0.29) is 24.8 Å². The van der Waals surface area contributed by atoms with E-state index in [1.807, 2.05) is 0 Å². The van der Waals surface area contributed by atoms with Crippen molar-refractivity contribution in [3.63, 3.8) is 0 Å². The van der Waals surface area contributed by atoms with Gasteiger partial charge in [-0.2, -0.15) is 0 Å². The summed E-state index contributed by atoms with van der Waals surface area (Å²) in [6.45, 7) is 2.92. The van der Waals surface area contributed by atoms with Crippen LogP contribution in [0.2, 0.25) is 0 Å². The molecule has 1 aromatic carbocycles. The highest BCUT2D eigenvalue weighted by Crippen LogP contribution is 2.24. The molecule has 0 fully saturated rings. The van der Waals surface area contributed by atoms with Gasteiger partial charge < -0.3 is 4.74 Å². The van der Waals surface area contributed by atoms with Gasteiger partial charge in [0.15, 0.2) is 0 Å². The molecule has 0 saturated carbocycles. The van der Waals surface area contributed by atoms with Gasteiger partial charge in [-0.25, -0.2) is 0 Å². The second-order valence-electron chi connectivity index (χ2n) is 4.20. The van der Waals surface area contributed by atoms with Crippen LogP contribution in [-0.4, -0.2) is 22.7 Å². The summed E-state index contributed by atoms with van der Waals surface area (Å²) in [7, 11) is 0. The average Bonchev–Trinajstić information content (AvgIpc) is 2.27. The predicted molar refractivity (Wildman–Crippen MR) is 62.7 cm³/mol. The largest absolute Gasteiger partial charge is 0.427 e. The summed E-state index contributed by atoms with van der Waals surface area (Å²) in [4.78, 5) is 35.0. The Bertz CT molecular complexity index is 536. The van der Waals surface area contributed by atoms with Gasteiger partial charge >= 0.3 is 5.97 Å². The first-order valence-corrected chi connectivity index (χ1v) is 5.58. The van der Waals surface area contributed by atoms with Crippen LogP contribution in [0.1, 0.15) is 25.0 Å². The number of rotatable bonds is 1. The molecule has 0 spiro atoms. The van der Waals surface area contributed by atoms with Gasteiger partial charge in [-0.15, -0.1) is 0 Å². The number of fused-ring (bicyclic) bond motifs is 1. The van der Waals surface area contributed by atoms with Crippen molar-refractivity contribution in [2.45, 2.75) is 26.8 Å². The van der Waals surface area contributed by atoms with Crippen molar-refractivity contribution >= 4 is 17.8 Å². The van der Waals surface area contributed by atoms with Gasteiger partial charge in [0, 0.05) is 13.8 Å². The number of imide groups is 1. The number of amides is 2. The van der Waals surface area contributed by atoms with Crippen molar-refractivity contribution < 1.29 is 19.1 Å². The Morgan fingerprint density at radius 3 is 2.56 bits per heavy atom. The number of hydrogen-bond donors (Lipinski definition) is 0. The number of ether oxygens (including phenoxy) is 1. The smallest absolute Gasteiger partial charge is 0.308 e. The van der Waals surface area contributed by atoms with E-state index in [2.05, 4.69) is 0 Å². The Morgan fingerprint density at radius 1 is 1.22 bits per heavy atom. The molecule has 0 aliphatic carbocycles. The zero-order valence-corrected chi connectivity index (χ0v) is 10.2. The summed E-state index contributed by atoms with van der Waals surface area (Å²) < 4.78 is 4.98. The molecule has 0 N–H and O–H groups in total. The number of hydrogen-bond acceptors (Lipinski definition) is 4. The standard InChI is InChI=1S/C13H13NO4/c1-8(15)14-7-11-5-12(18-9(2)16)4-3-10(11)6-13(14)17/h3-5H,6-7H2,1-2H3. The Hall–Kier alpha value is -2.17. The Labute approximate surface area is 104 Å². The van der Waals surface area contributed by atoms with Gasteiger partial charge in [0.05, 0.1) is 13.0 Å². The van der Waals surface area contributed by atoms with Crippen LogP contribution in [0.5, 0.6) is 5.75 Å². The number of esters is 1. The van der Waals surface area contributed by atoms with E-state index >= 15 is 0 Å². The fourth-order valence-corrected chi connectivity index (χ4v) is 1.96. The first kappa shape index (κ1) is 12.3. The minimum absolute atomic E-state index is 0.199. The van der Waals surface area contributed by atoms with Gasteiger partial charge in [-0.1, -0.05) is 6.07 Å². The molecule has 2 rings (SSSR count). The molecular weight excluding hydrogens is 234 g/mol. The molecule has 18 heavy (non-hydrogen) atoms. The molecule has 1 aliphatic rings. The summed E-state index contributed by atoms with van der Waals surface area (Å²) >= 11 is 0. The van der Waals surface area contributed by atoms with Gasteiger partial charge in [-0.3, -0.25) is 19.3 Å². The first-order chi connectivity index (χ1) is 8.47. The second kappa shape index (κ2) is 4.60. The third kappa shape index (κ3) is 2.40. The monoisotopic (exact) mass is 247 g/mol. The highest BCUT2D eigenvalue weighted by atomic mass is 16.5. The van der Waals surface area contributed by atoms with Crippen molar-refractivity contribution in [1.29, 1.82) is 0 Å². The minimum Gasteiger partial charge on any atom is -0.427 e. The van der Waals surface area contributed by atoms with Crippen LogP contribution in [0.15, 0.2) is 18.2 Å². The predicted octanol–water partition coefficient (Wildman–Crippen LogP) is 1.04. The zero-order valence-electron chi connectivity index (χ0n) is 10.2. The topological polar surface area (TPSA) is 63.7 Å². The molecule has 0 unspecified atom stereocenters. The van der Waals surface area contributed by atoms with E-state index in [1.54, 1.807) is 18.2 Å². The molecule has 0 aromatic heterocycles. The SMILES string of the molecule is CC(=O)Oc1ccc2c(c1)CN(C(C)=O)C(=O)C2. The van der Waals surface area contributed by atoms with Gasteiger partial charge in [0.1, 0.15) is 5.75 Å². The van der Waals surface area contributed by atoms with E-state index < -0.39 is 5.97 Å². The van der Waals surface area contributed by atoms with Crippen molar-refractivity contribution in [3.05, 3.63) is 29.3 Å². The van der Waals surface area contributed by atoms with Crippen molar-refractivity contribution in [2.75, 3.05) is 0 Å². The number of carbonyl (C=O) groups excluding carboxylic acids is 3. The van der Waals surface area contributed by atoms with Crippen molar-refractivity contribution in [2.24, 2.45) is 0 Å². The fourth-order valence-electron chi connectivity index (χ4n) is 1.96. The molecule has 5 nitrogen and oxygen atoms in total. The van der Waals surface area contributed by atoms with E-state index in [1.165, 1.54) is 18.7 Å². The van der Waals surface area contributed by atoms with Gasteiger partial charge in [0.25, 0.3) is 0 Å². The quantitative estimate of drug-likeness (QED) is 0.549. The van der Waals surface area contributed by atoms with Crippen LogP contribution in [0.4, 0.5) is 0 Å². The van der Waals surface area contributed by atoms with Gasteiger partial charge in [0.2, 0.25) is 11.8 Å². The molecule has 5 heteroatoms. The number of nitrogens with zero attached hydrogens (tertiary/aromatic N) is 1. The summed E-state index contributed by atoms with van der Waals surface area (Å²) in [5, 5.41) is 0. The van der Waals surface area contributed by atoms with Crippen LogP contribution >= 0.6 is 0 Å².